The highest BCUT2D eigenvalue weighted by atomic mass is 16.5. The summed E-state index contributed by atoms with van der Waals surface area (Å²) in [5.74, 6) is 5.86. The summed E-state index contributed by atoms with van der Waals surface area (Å²) in [6.07, 6.45) is 1.72. The molecule has 0 bridgehead atoms. The summed E-state index contributed by atoms with van der Waals surface area (Å²) in [4.78, 5) is 12.0. The molecule has 0 aromatic carbocycles. The number of aryl methyl sites for hydroxylation is 1. The smallest absolute Gasteiger partial charge is 0.322 e. The number of hydrazine groups is 1. The molecule has 0 radical (unpaired) electrons. The van der Waals surface area contributed by atoms with Crippen LogP contribution >= 0.6 is 0 Å². The van der Waals surface area contributed by atoms with E-state index in [1.165, 1.54) is 7.11 Å². The lowest BCUT2D eigenvalue weighted by molar-refractivity contribution is 0.379. The topological polar surface area (TPSA) is 116 Å². The highest BCUT2D eigenvalue weighted by molar-refractivity contribution is 5.35. The Balaban J connectivity index is 2.11. The molecule has 2 heterocycles. The Kier molecular flexibility index (Phi) is 3.53. The lowest BCUT2D eigenvalue weighted by Gasteiger charge is -2.07. The number of nitrogen functional groups attached to an aromatic ring is 1. The van der Waals surface area contributed by atoms with Gasteiger partial charge in [0, 0.05) is 13.2 Å². The van der Waals surface area contributed by atoms with Gasteiger partial charge in [-0.15, -0.1) is 0 Å². The molecule has 0 fully saturated rings. The Morgan fingerprint density at radius 2 is 2.11 bits per heavy atom. The van der Waals surface area contributed by atoms with Gasteiger partial charge in [0.2, 0.25) is 11.9 Å². The summed E-state index contributed by atoms with van der Waals surface area (Å²) in [7, 11) is 3.33. The minimum Gasteiger partial charge on any atom is -0.467 e. The molecule has 4 N–H and O–H groups in total. The maximum atomic E-state index is 5.26. The summed E-state index contributed by atoms with van der Waals surface area (Å²) in [5, 5.41) is 7.10. The molecular formula is C9H14N8O. The highest BCUT2D eigenvalue weighted by Crippen LogP contribution is 2.10. The van der Waals surface area contributed by atoms with Crippen molar-refractivity contribution >= 4 is 11.9 Å². The number of rotatable bonds is 5. The largest absolute Gasteiger partial charge is 0.467 e. The predicted octanol–water partition coefficient (Wildman–Crippen LogP) is -0.489. The number of methoxy groups -OCH3 is 1. The van der Waals surface area contributed by atoms with Gasteiger partial charge < -0.3 is 10.1 Å². The van der Waals surface area contributed by atoms with E-state index in [0.717, 1.165) is 5.69 Å². The van der Waals surface area contributed by atoms with Crippen LogP contribution in [0.25, 0.3) is 0 Å². The maximum absolute atomic E-state index is 5.26. The average molecular weight is 250 g/mol. The zero-order valence-corrected chi connectivity index (χ0v) is 10.1. The molecule has 0 saturated heterocycles. The fraction of sp³-hybridized carbons (Fsp3) is 0.333. The minimum atomic E-state index is 0.186. The third kappa shape index (κ3) is 2.63. The van der Waals surface area contributed by atoms with Gasteiger partial charge in [-0.2, -0.15) is 20.1 Å². The molecule has 2 aromatic rings. The molecule has 0 saturated carbocycles. The fourth-order valence-electron chi connectivity index (χ4n) is 1.34. The van der Waals surface area contributed by atoms with Gasteiger partial charge in [0.15, 0.2) is 0 Å². The number of ether oxygens (including phenoxy) is 1. The van der Waals surface area contributed by atoms with Crippen molar-refractivity contribution in [2.75, 3.05) is 17.9 Å². The first-order valence-electron chi connectivity index (χ1n) is 5.20. The Morgan fingerprint density at radius 3 is 2.72 bits per heavy atom. The van der Waals surface area contributed by atoms with E-state index < -0.39 is 0 Å². The normalized spacial score (nSPS) is 10.2. The van der Waals surface area contributed by atoms with Gasteiger partial charge in [0.05, 0.1) is 19.3 Å². The zero-order chi connectivity index (χ0) is 13.0. The van der Waals surface area contributed by atoms with Crippen LogP contribution in [0.15, 0.2) is 12.3 Å². The van der Waals surface area contributed by atoms with E-state index in [2.05, 4.69) is 30.8 Å². The molecule has 0 spiro atoms. The second-order valence-electron chi connectivity index (χ2n) is 3.41. The van der Waals surface area contributed by atoms with Crippen LogP contribution in [0.1, 0.15) is 5.69 Å². The monoisotopic (exact) mass is 250 g/mol. The van der Waals surface area contributed by atoms with Crippen molar-refractivity contribution in [3.63, 3.8) is 0 Å². The minimum absolute atomic E-state index is 0.186. The van der Waals surface area contributed by atoms with Crippen LogP contribution in [0.2, 0.25) is 0 Å². The van der Waals surface area contributed by atoms with Crippen molar-refractivity contribution < 1.29 is 4.74 Å². The number of nitrogens with one attached hydrogen (secondary N) is 2. The number of hydrogen-bond acceptors (Lipinski definition) is 8. The number of anilines is 2. The van der Waals surface area contributed by atoms with Crippen molar-refractivity contribution in [3.8, 4) is 6.01 Å². The SMILES string of the molecule is COc1nc(NN)nc(NCc2ccnn2C)n1. The quantitative estimate of drug-likeness (QED) is 0.481. The van der Waals surface area contributed by atoms with Crippen LogP contribution in [0.4, 0.5) is 11.9 Å². The molecule has 9 heteroatoms. The van der Waals surface area contributed by atoms with Crippen LogP contribution in [0.3, 0.4) is 0 Å². The first-order valence-corrected chi connectivity index (χ1v) is 5.20. The van der Waals surface area contributed by atoms with Crippen molar-refractivity contribution in [1.29, 1.82) is 0 Å². The third-order valence-corrected chi connectivity index (χ3v) is 2.28. The fourth-order valence-corrected chi connectivity index (χ4v) is 1.34. The predicted molar refractivity (Wildman–Crippen MR) is 64.7 cm³/mol. The summed E-state index contributed by atoms with van der Waals surface area (Å²) >= 11 is 0. The van der Waals surface area contributed by atoms with E-state index in [1.54, 1.807) is 10.9 Å². The Morgan fingerprint density at radius 1 is 1.33 bits per heavy atom. The van der Waals surface area contributed by atoms with Gasteiger partial charge in [-0.1, -0.05) is 0 Å². The van der Waals surface area contributed by atoms with E-state index >= 15 is 0 Å². The zero-order valence-electron chi connectivity index (χ0n) is 10.1. The highest BCUT2D eigenvalue weighted by Gasteiger charge is 2.06. The molecule has 0 aliphatic rings. The Hall–Kier alpha value is -2.42. The summed E-state index contributed by atoms with van der Waals surface area (Å²) in [6.45, 7) is 0.535. The molecule has 0 unspecified atom stereocenters. The molecule has 0 atom stereocenters. The van der Waals surface area contributed by atoms with E-state index in [-0.39, 0.29) is 12.0 Å². The van der Waals surface area contributed by atoms with Crippen LogP contribution in [0.5, 0.6) is 6.01 Å². The van der Waals surface area contributed by atoms with Gasteiger partial charge in [0.25, 0.3) is 0 Å². The lowest BCUT2D eigenvalue weighted by atomic mass is 10.4. The van der Waals surface area contributed by atoms with Crippen molar-refractivity contribution in [3.05, 3.63) is 18.0 Å². The second kappa shape index (κ2) is 5.27. The Labute approximate surface area is 103 Å². The van der Waals surface area contributed by atoms with E-state index in [4.69, 9.17) is 10.6 Å². The molecule has 2 rings (SSSR count). The van der Waals surface area contributed by atoms with Crippen LogP contribution in [0, 0.1) is 0 Å². The van der Waals surface area contributed by atoms with E-state index in [9.17, 15) is 0 Å². The van der Waals surface area contributed by atoms with Crippen molar-refractivity contribution in [2.45, 2.75) is 6.54 Å². The van der Waals surface area contributed by atoms with Gasteiger partial charge in [-0.05, 0) is 6.07 Å². The standard InChI is InChI=1S/C9H14N8O/c1-17-6(3-4-12-17)5-11-7-13-8(16-10)15-9(14-7)18-2/h3-4H,5,10H2,1-2H3,(H2,11,13,14,15,16). The molecule has 96 valence electrons. The van der Waals surface area contributed by atoms with Gasteiger partial charge >= 0.3 is 6.01 Å². The van der Waals surface area contributed by atoms with Crippen molar-refractivity contribution in [1.82, 2.24) is 24.7 Å². The van der Waals surface area contributed by atoms with Gasteiger partial charge in [0.1, 0.15) is 0 Å². The number of nitrogens with two attached hydrogens (primary N) is 1. The molecule has 0 amide bonds. The van der Waals surface area contributed by atoms with E-state index in [1.807, 2.05) is 13.1 Å². The summed E-state index contributed by atoms with van der Waals surface area (Å²) in [6, 6.07) is 2.08. The number of nitrogens with zero attached hydrogens (tertiary/aromatic N) is 5. The molecule has 9 nitrogen and oxygen atoms in total. The van der Waals surface area contributed by atoms with E-state index in [0.29, 0.717) is 12.5 Å². The Bertz CT molecular complexity index is 503. The van der Waals surface area contributed by atoms with Crippen molar-refractivity contribution in [2.24, 2.45) is 12.9 Å². The van der Waals surface area contributed by atoms with Crippen LogP contribution in [-0.4, -0.2) is 31.8 Å². The number of hydrogen-bond donors (Lipinski definition) is 3. The lowest BCUT2D eigenvalue weighted by Crippen LogP contribution is -2.14. The first kappa shape index (κ1) is 12.0. The van der Waals surface area contributed by atoms with Gasteiger partial charge in [-0.25, -0.2) is 5.84 Å². The first-order chi connectivity index (χ1) is 8.72. The van der Waals surface area contributed by atoms with Crippen LogP contribution < -0.4 is 21.3 Å². The third-order valence-electron chi connectivity index (χ3n) is 2.28. The maximum Gasteiger partial charge on any atom is 0.322 e. The molecular weight excluding hydrogens is 236 g/mol. The average Bonchev–Trinajstić information content (AvgIpc) is 2.81. The number of aromatic nitrogens is 5. The summed E-state index contributed by atoms with van der Waals surface area (Å²) < 4.78 is 6.70. The van der Waals surface area contributed by atoms with Gasteiger partial charge in [-0.3, -0.25) is 10.1 Å². The molecule has 0 aliphatic heterocycles. The molecule has 2 aromatic heterocycles. The second-order valence-corrected chi connectivity index (χ2v) is 3.41. The molecule has 18 heavy (non-hydrogen) atoms. The van der Waals surface area contributed by atoms with Crippen LogP contribution in [-0.2, 0) is 13.6 Å². The summed E-state index contributed by atoms with van der Waals surface area (Å²) in [5.41, 5.74) is 3.34. The molecule has 0 aliphatic carbocycles.